The second-order valence-corrected chi connectivity index (χ2v) is 6.36. The van der Waals surface area contributed by atoms with Gasteiger partial charge in [0.05, 0.1) is 6.04 Å². The molecule has 1 aromatic carbocycles. The third-order valence-corrected chi connectivity index (χ3v) is 5.06. The van der Waals surface area contributed by atoms with Gasteiger partial charge in [-0.15, -0.1) is 0 Å². The molecule has 1 amide bonds. The predicted octanol–water partition coefficient (Wildman–Crippen LogP) is 2.34. The van der Waals surface area contributed by atoms with Crippen LogP contribution in [0.5, 0.6) is 0 Å². The molecule has 2 aliphatic rings. The van der Waals surface area contributed by atoms with Crippen LogP contribution in [-0.4, -0.2) is 30.4 Å². The van der Waals surface area contributed by atoms with E-state index in [-0.39, 0.29) is 11.9 Å². The first-order chi connectivity index (χ1) is 9.66. The normalized spacial score (nSPS) is 28.4. The van der Waals surface area contributed by atoms with Crippen molar-refractivity contribution in [2.45, 2.75) is 38.8 Å². The molecular formula is C17H24N2O. The Balaban J connectivity index is 1.66. The monoisotopic (exact) mass is 272 g/mol. The number of nitrogens with one attached hydrogen (secondary N) is 1. The van der Waals surface area contributed by atoms with Crippen LogP contribution < -0.4 is 5.32 Å². The second-order valence-electron chi connectivity index (χ2n) is 6.36. The first-order valence-electron chi connectivity index (χ1n) is 7.69. The van der Waals surface area contributed by atoms with Crippen LogP contribution in [0.15, 0.2) is 24.3 Å². The molecule has 1 aliphatic carbocycles. The van der Waals surface area contributed by atoms with E-state index in [9.17, 15) is 4.79 Å². The fraction of sp³-hybridized carbons (Fsp3) is 0.588. The fourth-order valence-electron chi connectivity index (χ4n) is 3.82. The maximum Gasteiger partial charge on any atom is 0.240 e. The summed E-state index contributed by atoms with van der Waals surface area (Å²) in [5.74, 6) is 1.57. The highest BCUT2D eigenvalue weighted by Gasteiger charge is 2.43. The summed E-state index contributed by atoms with van der Waals surface area (Å²) < 4.78 is 0. The number of aryl methyl sites for hydroxylation is 1. The van der Waals surface area contributed by atoms with Crippen LogP contribution in [0.2, 0.25) is 0 Å². The van der Waals surface area contributed by atoms with Gasteiger partial charge in [0.25, 0.3) is 0 Å². The van der Waals surface area contributed by atoms with Crippen molar-refractivity contribution in [3.63, 3.8) is 0 Å². The molecule has 0 aromatic heterocycles. The first kappa shape index (κ1) is 13.6. The van der Waals surface area contributed by atoms with Crippen molar-refractivity contribution in [1.29, 1.82) is 0 Å². The van der Waals surface area contributed by atoms with Crippen molar-refractivity contribution >= 4 is 5.91 Å². The Bertz CT molecular complexity index is 500. The largest absolute Gasteiger partial charge is 0.340 e. The lowest BCUT2D eigenvalue weighted by molar-refractivity contribution is -0.133. The summed E-state index contributed by atoms with van der Waals surface area (Å²) in [6.45, 7) is 3.84. The molecule has 1 aliphatic heterocycles. The Hall–Kier alpha value is -1.35. The third kappa shape index (κ3) is 2.47. The molecule has 2 fully saturated rings. The van der Waals surface area contributed by atoms with Gasteiger partial charge in [0.15, 0.2) is 0 Å². The van der Waals surface area contributed by atoms with Gasteiger partial charge in [-0.05, 0) is 49.3 Å². The highest BCUT2D eigenvalue weighted by atomic mass is 16.2. The van der Waals surface area contributed by atoms with Crippen molar-refractivity contribution in [3.8, 4) is 0 Å². The Morgan fingerprint density at radius 3 is 2.95 bits per heavy atom. The van der Waals surface area contributed by atoms with E-state index in [1.165, 1.54) is 30.4 Å². The van der Waals surface area contributed by atoms with Gasteiger partial charge in [-0.1, -0.05) is 30.7 Å². The molecule has 1 saturated carbocycles. The van der Waals surface area contributed by atoms with Gasteiger partial charge < -0.3 is 10.2 Å². The molecule has 0 spiro atoms. The Morgan fingerprint density at radius 2 is 2.15 bits per heavy atom. The molecule has 0 bridgehead atoms. The van der Waals surface area contributed by atoms with Crippen LogP contribution in [-0.2, 0) is 11.3 Å². The number of rotatable bonds is 3. The highest BCUT2D eigenvalue weighted by Crippen LogP contribution is 2.38. The molecule has 3 nitrogen and oxygen atoms in total. The molecule has 3 heteroatoms. The van der Waals surface area contributed by atoms with Crippen molar-refractivity contribution in [2.75, 3.05) is 13.6 Å². The zero-order valence-corrected chi connectivity index (χ0v) is 12.4. The molecule has 108 valence electrons. The van der Waals surface area contributed by atoms with Crippen LogP contribution >= 0.6 is 0 Å². The van der Waals surface area contributed by atoms with E-state index in [1.54, 1.807) is 0 Å². The summed E-state index contributed by atoms with van der Waals surface area (Å²) in [6, 6.07) is 8.36. The van der Waals surface area contributed by atoms with Crippen molar-refractivity contribution in [1.82, 2.24) is 10.2 Å². The smallest absolute Gasteiger partial charge is 0.240 e. The predicted molar refractivity (Wildman–Crippen MR) is 80.3 cm³/mol. The van der Waals surface area contributed by atoms with E-state index in [2.05, 4.69) is 24.4 Å². The minimum atomic E-state index is 0.0523. The van der Waals surface area contributed by atoms with Gasteiger partial charge in [-0.2, -0.15) is 0 Å². The summed E-state index contributed by atoms with van der Waals surface area (Å²) in [7, 11) is 1.93. The Morgan fingerprint density at radius 1 is 1.35 bits per heavy atom. The summed E-state index contributed by atoms with van der Waals surface area (Å²) >= 11 is 0. The Labute approximate surface area is 121 Å². The molecule has 3 atom stereocenters. The number of fused-ring (bicyclic) bond motifs is 1. The molecule has 0 radical (unpaired) electrons. The molecule has 3 unspecified atom stereocenters. The van der Waals surface area contributed by atoms with E-state index >= 15 is 0 Å². The van der Waals surface area contributed by atoms with E-state index in [0.29, 0.717) is 12.5 Å². The lowest BCUT2D eigenvalue weighted by atomic mass is 9.93. The van der Waals surface area contributed by atoms with E-state index in [0.717, 1.165) is 12.5 Å². The summed E-state index contributed by atoms with van der Waals surface area (Å²) in [5, 5.41) is 3.45. The lowest BCUT2D eigenvalue weighted by Gasteiger charge is -2.25. The van der Waals surface area contributed by atoms with E-state index in [1.807, 2.05) is 24.1 Å². The van der Waals surface area contributed by atoms with Gasteiger partial charge in [-0.3, -0.25) is 4.79 Å². The molecule has 3 rings (SSSR count). The standard InChI is InChI=1S/C17H24N2O/c1-12-6-3-4-7-14(12)11-19(2)17(20)16-15-9-5-8-13(15)10-18-16/h3-4,6-7,13,15-16,18H,5,8-11H2,1-2H3. The minimum Gasteiger partial charge on any atom is -0.340 e. The zero-order chi connectivity index (χ0) is 14.1. The maximum absolute atomic E-state index is 12.7. The zero-order valence-electron chi connectivity index (χ0n) is 12.4. The SMILES string of the molecule is Cc1ccccc1CN(C)C(=O)C1NCC2CCCC21. The van der Waals surface area contributed by atoms with Gasteiger partial charge in [-0.25, -0.2) is 0 Å². The minimum absolute atomic E-state index is 0.0523. The quantitative estimate of drug-likeness (QED) is 0.916. The number of hydrogen-bond donors (Lipinski definition) is 1. The fourth-order valence-corrected chi connectivity index (χ4v) is 3.82. The van der Waals surface area contributed by atoms with Gasteiger partial charge in [0.2, 0.25) is 5.91 Å². The first-order valence-corrected chi connectivity index (χ1v) is 7.69. The number of hydrogen-bond acceptors (Lipinski definition) is 2. The van der Waals surface area contributed by atoms with Crippen LogP contribution in [0, 0.1) is 18.8 Å². The molecule has 1 heterocycles. The van der Waals surface area contributed by atoms with E-state index < -0.39 is 0 Å². The summed E-state index contributed by atoms with van der Waals surface area (Å²) in [5.41, 5.74) is 2.49. The maximum atomic E-state index is 12.7. The lowest BCUT2D eigenvalue weighted by Crippen LogP contribution is -2.44. The van der Waals surface area contributed by atoms with Crippen molar-refractivity contribution < 1.29 is 4.79 Å². The number of carbonyl (C=O) groups is 1. The van der Waals surface area contributed by atoms with Crippen LogP contribution in [0.1, 0.15) is 30.4 Å². The number of amides is 1. The van der Waals surface area contributed by atoms with E-state index in [4.69, 9.17) is 0 Å². The third-order valence-electron chi connectivity index (χ3n) is 5.06. The molecule has 1 aromatic rings. The van der Waals surface area contributed by atoms with Crippen LogP contribution in [0.25, 0.3) is 0 Å². The highest BCUT2D eigenvalue weighted by molar-refractivity contribution is 5.82. The second kappa shape index (κ2) is 5.57. The molecule has 20 heavy (non-hydrogen) atoms. The number of likely N-dealkylation sites (N-methyl/N-ethyl adjacent to an activating group) is 1. The molecule has 1 N–H and O–H groups in total. The number of benzene rings is 1. The van der Waals surface area contributed by atoms with Gasteiger partial charge >= 0.3 is 0 Å². The van der Waals surface area contributed by atoms with Crippen molar-refractivity contribution in [2.24, 2.45) is 11.8 Å². The molecular weight excluding hydrogens is 248 g/mol. The Kier molecular flexibility index (Phi) is 3.79. The number of nitrogens with zero attached hydrogens (tertiary/aromatic N) is 1. The van der Waals surface area contributed by atoms with Crippen molar-refractivity contribution in [3.05, 3.63) is 35.4 Å². The average Bonchev–Trinajstić information content (AvgIpc) is 3.03. The molecule has 1 saturated heterocycles. The van der Waals surface area contributed by atoms with Gasteiger partial charge in [0, 0.05) is 13.6 Å². The van der Waals surface area contributed by atoms with Crippen LogP contribution in [0.4, 0.5) is 0 Å². The summed E-state index contributed by atoms with van der Waals surface area (Å²) in [6.07, 6.45) is 3.80. The van der Waals surface area contributed by atoms with Crippen LogP contribution in [0.3, 0.4) is 0 Å². The number of carbonyl (C=O) groups excluding carboxylic acids is 1. The van der Waals surface area contributed by atoms with Gasteiger partial charge in [0.1, 0.15) is 0 Å². The summed E-state index contributed by atoms with van der Waals surface area (Å²) in [4.78, 5) is 14.6. The average molecular weight is 272 g/mol. The topological polar surface area (TPSA) is 32.3 Å².